The Morgan fingerprint density at radius 3 is 2.59 bits per heavy atom. The number of carbonyl (C=O) groups is 2. The molecule has 0 spiro atoms. The SMILES string of the molecule is COc1cccc(CCCNC(=O)N2CCN(CC(=O)NC(C)C)CC2)c1. The van der Waals surface area contributed by atoms with Crippen molar-refractivity contribution in [3.8, 4) is 5.75 Å². The third kappa shape index (κ3) is 7.46. The molecule has 7 heteroatoms. The molecule has 0 bridgehead atoms. The first-order valence-electron chi connectivity index (χ1n) is 9.65. The molecule has 1 aliphatic heterocycles. The molecule has 2 rings (SSSR count). The molecular formula is C20H32N4O3. The van der Waals surface area contributed by atoms with Crippen LogP contribution >= 0.6 is 0 Å². The van der Waals surface area contributed by atoms with E-state index < -0.39 is 0 Å². The minimum atomic E-state index is -0.0214. The van der Waals surface area contributed by atoms with Gasteiger partial charge in [-0.3, -0.25) is 9.69 Å². The molecule has 3 amide bonds. The first-order valence-corrected chi connectivity index (χ1v) is 9.65. The van der Waals surface area contributed by atoms with Gasteiger partial charge in [0.1, 0.15) is 5.75 Å². The molecule has 27 heavy (non-hydrogen) atoms. The van der Waals surface area contributed by atoms with E-state index in [0.717, 1.165) is 31.7 Å². The zero-order chi connectivity index (χ0) is 19.6. The monoisotopic (exact) mass is 376 g/mol. The van der Waals surface area contributed by atoms with Gasteiger partial charge in [-0.2, -0.15) is 0 Å². The molecule has 7 nitrogen and oxygen atoms in total. The standard InChI is InChI=1S/C20H32N4O3/c1-16(2)22-19(25)15-23-10-12-24(13-11-23)20(26)21-9-5-7-17-6-4-8-18(14-17)27-3/h4,6,8,14,16H,5,7,9-13,15H2,1-3H3,(H,21,26)(H,22,25). The summed E-state index contributed by atoms with van der Waals surface area (Å²) in [4.78, 5) is 28.0. The second-order valence-corrected chi connectivity index (χ2v) is 7.17. The maximum atomic E-state index is 12.3. The smallest absolute Gasteiger partial charge is 0.317 e. The predicted molar refractivity (Wildman–Crippen MR) is 106 cm³/mol. The average Bonchev–Trinajstić information content (AvgIpc) is 2.65. The van der Waals surface area contributed by atoms with Crippen LogP contribution in [0.4, 0.5) is 4.79 Å². The molecule has 1 aromatic rings. The molecule has 1 aromatic carbocycles. The number of nitrogens with zero attached hydrogens (tertiary/aromatic N) is 2. The minimum absolute atomic E-state index is 0.0214. The number of benzene rings is 1. The van der Waals surface area contributed by atoms with Crippen molar-refractivity contribution in [3.05, 3.63) is 29.8 Å². The van der Waals surface area contributed by atoms with Gasteiger partial charge in [-0.1, -0.05) is 12.1 Å². The number of aryl methyl sites for hydroxylation is 1. The van der Waals surface area contributed by atoms with Crippen molar-refractivity contribution in [2.75, 3.05) is 46.4 Å². The van der Waals surface area contributed by atoms with E-state index in [2.05, 4.69) is 21.6 Å². The Bertz CT molecular complexity index is 613. The molecule has 0 aromatic heterocycles. The number of ether oxygens (including phenoxy) is 1. The van der Waals surface area contributed by atoms with Gasteiger partial charge in [0.25, 0.3) is 0 Å². The first kappa shape index (κ1) is 21.0. The summed E-state index contributed by atoms with van der Waals surface area (Å²) in [6.45, 7) is 7.70. The fraction of sp³-hybridized carbons (Fsp3) is 0.600. The molecule has 150 valence electrons. The van der Waals surface area contributed by atoms with E-state index in [1.807, 2.05) is 36.9 Å². The van der Waals surface area contributed by atoms with Crippen LogP contribution in [0, 0.1) is 0 Å². The third-order valence-electron chi connectivity index (χ3n) is 4.53. The highest BCUT2D eigenvalue weighted by atomic mass is 16.5. The van der Waals surface area contributed by atoms with Gasteiger partial charge in [-0.15, -0.1) is 0 Å². The van der Waals surface area contributed by atoms with Gasteiger partial charge in [0.05, 0.1) is 13.7 Å². The molecule has 1 aliphatic rings. The maximum Gasteiger partial charge on any atom is 0.317 e. The number of piperazine rings is 1. The second-order valence-electron chi connectivity index (χ2n) is 7.17. The van der Waals surface area contributed by atoms with Crippen molar-refractivity contribution in [1.29, 1.82) is 0 Å². The fourth-order valence-corrected chi connectivity index (χ4v) is 3.11. The number of amides is 3. The van der Waals surface area contributed by atoms with Gasteiger partial charge in [-0.25, -0.2) is 4.79 Å². The molecule has 1 saturated heterocycles. The van der Waals surface area contributed by atoms with Crippen LogP contribution in [0.5, 0.6) is 5.75 Å². The molecule has 1 heterocycles. The molecule has 1 fully saturated rings. The van der Waals surface area contributed by atoms with Crippen molar-refractivity contribution in [3.63, 3.8) is 0 Å². The number of hydrogen-bond donors (Lipinski definition) is 2. The van der Waals surface area contributed by atoms with E-state index in [0.29, 0.717) is 26.2 Å². The van der Waals surface area contributed by atoms with Crippen LogP contribution < -0.4 is 15.4 Å². The highest BCUT2D eigenvalue weighted by Gasteiger charge is 2.22. The van der Waals surface area contributed by atoms with E-state index in [1.165, 1.54) is 5.56 Å². The zero-order valence-electron chi connectivity index (χ0n) is 16.7. The fourth-order valence-electron chi connectivity index (χ4n) is 3.11. The van der Waals surface area contributed by atoms with Gasteiger partial charge in [0.15, 0.2) is 0 Å². The Hall–Kier alpha value is -2.28. The summed E-state index contributed by atoms with van der Waals surface area (Å²) in [6.07, 6.45) is 1.78. The summed E-state index contributed by atoms with van der Waals surface area (Å²) in [5, 5.41) is 5.89. The summed E-state index contributed by atoms with van der Waals surface area (Å²) in [5.41, 5.74) is 1.21. The lowest BCUT2D eigenvalue weighted by Gasteiger charge is -2.34. The van der Waals surface area contributed by atoms with Crippen molar-refractivity contribution < 1.29 is 14.3 Å². The van der Waals surface area contributed by atoms with Gasteiger partial charge >= 0.3 is 6.03 Å². The highest BCUT2D eigenvalue weighted by molar-refractivity contribution is 5.78. The van der Waals surface area contributed by atoms with Crippen molar-refractivity contribution in [2.24, 2.45) is 0 Å². The molecule has 0 radical (unpaired) electrons. The lowest BCUT2D eigenvalue weighted by Crippen LogP contribution is -2.53. The second kappa shape index (κ2) is 10.8. The Morgan fingerprint density at radius 2 is 1.93 bits per heavy atom. The minimum Gasteiger partial charge on any atom is -0.497 e. The third-order valence-corrected chi connectivity index (χ3v) is 4.53. The molecular weight excluding hydrogens is 344 g/mol. The van der Waals surface area contributed by atoms with E-state index in [9.17, 15) is 9.59 Å². The van der Waals surface area contributed by atoms with Crippen LogP contribution in [0.1, 0.15) is 25.8 Å². The van der Waals surface area contributed by atoms with E-state index in [1.54, 1.807) is 7.11 Å². The summed E-state index contributed by atoms with van der Waals surface area (Å²) in [6, 6.07) is 8.13. The van der Waals surface area contributed by atoms with Gasteiger partial charge in [0, 0.05) is 38.8 Å². The number of urea groups is 1. The quantitative estimate of drug-likeness (QED) is 0.674. The summed E-state index contributed by atoms with van der Waals surface area (Å²) in [5.74, 6) is 0.900. The van der Waals surface area contributed by atoms with Crippen molar-refractivity contribution in [1.82, 2.24) is 20.4 Å². The first-order chi connectivity index (χ1) is 13.0. The summed E-state index contributed by atoms with van der Waals surface area (Å²) in [7, 11) is 1.66. The molecule has 0 unspecified atom stereocenters. The highest BCUT2D eigenvalue weighted by Crippen LogP contribution is 2.13. The van der Waals surface area contributed by atoms with Gasteiger partial charge in [0.2, 0.25) is 5.91 Å². The topological polar surface area (TPSA) is 73.9 Å². The lowest BCUT2D eigenvalue weighted by atomic mass is 10.1. The molecule has 2 N–H and O–H groups in total. The Kier molecular flexibility index (Phi) is 8.39. The van der Waals surface area contributed by atoms with E-state index >= 15 is 0 Å². The lowest BCUT2D eigenvalue weighted by molar-refractivity contribution is -0.123. The maximum absolute atomic E-state index is 12.3. The predicted octanol–water partition coefficient (Wildman–Crippen LogP) is 1.48. The van der Waals surface area contributed by atoms with Crippen molar-refractivity contribution >= 4 is 11.9 Å². The summed E-state index contributed by atoms with van der Waals surface area (Å²) >= 11 is 0. The van der Waals surface area contributed by atoms with Crippen LogP contribution in [0.15, 0.2) is 24.3 Å². The number of nitrogens with one attached hydrogen (secondary N) is 2. The van der Waals surface area contributed by atoms with Gasteiger partial charge < -0.3 is 20.3 Å². The van der Waals surface area contributed by atoms with E-state index in [4.69, 9.17) is 4.74 Å². The van der Waals surface area contributed by atoms with E-state index in [-0.39, 0.29) is 18.0 Å². The van der Waals surface area contributed by atoms with Crippen LogP contribution in [0.2, 0.25) is 0 Å². The average molecular weight is 377 g/mol. The zero-order valence-corrected chi connectivity index (χ0v) is 16.7. The van der Waals surface area contributed by atoms with Crippen molar-refractivity contribution in [2.45, 2.75) is 32.7 Å². The Labute approximate surface area is 162 Å². The number of methoxy groups -OCH3 is 1. The van der Waals surface area contributed by atoms with Crippen LogP contribution in [0.3, 0.4) is 0 Å². The molecule has 0 aliphatic carbocycles. The van der Waals surface area contributed by atoms with Crippen LogP contribution in [0.25, 0.3) is 0 Å². The number of rotatable bonds is 8. The Morgan fingerprint density at radius 1 is 1.19 bits per heavy atom. The van der Waals surface area contributed by atoms with Crippen LogP contribution in [-0.2, 0) is 11.2 Å². The summed E-state index contributed by atoms with van der Waals surface area (Å²) < 4.78 is 5.22. The van der Waals surface area contributed by atoms with Gasteiger partial charge in [-0.05, 0) is 44.4 Å². The molecule has 0 atom stereocenters. The normalized spacial score (nSPS) is 14.9. The molecule has 0 saturated carbocycles. The van der Waals surface area contributed by atoms with Crippen LogP contribution in [-0.4, -0.2) is 74.2 Å². The number of hydrogen-bond acceptors (Lipinski definition) is 4. The largest absolute Gasteiger partial charge is 0.497 e. The number of carbonyl (C=O) groups excluding carboxylic acids is 2. The Balaban J connectivity index is 1.62.